The van der Waals surface area contributed by atoms with E-state index in [9.17, 15) is 0 Å². The summed E-state index contributed by atoms with van der Waals surface area (Å²) in [6.07, 6.45) is 0. The van der Waals surface area contributed by atoms with Gasteiger partial charge in [0.1, 0.15) is 0 Å². The molecule has 0 saturated heterocycles. The third kappa shape index (κ3) is 8.93. The average Bonchev–Trinajstić information content (AvgIpc) is 1.92. The second kappa shape index (κ2) is 7.64. The van der Waals surface area contributed by atoms with Crippen molar-refractivity contribution in [1.82, 2.24) is 0 Å². The highest BCUT2D eigenvalue weighted by Crippen LogP contribution is 2.21. The largest absolute Gasteiger partial charge is 0.636 e. The number of rotatable bonds is 8. The van der Waals surface area contributed by atoms with Crippen molar-refractivity contribution in [2.45, 2.75) is 58.9 Å². The van der Waals surface area contributed by atoms with Gasteiger partial charge in [-0.15, -0.1) is 0 Å². The SMILES string of the molecule is C[Si](C)O[Si](O[Si](C)C)(O[Si](C)C)O[Si](C)(C)C. The Morgan fingerprint density at radius 2 is 0.889 bits per heavy atom. The van der Waals surface area contributed by atoms with E-state index < -0.39 is 44.5 Å². The van der Waals surface area contributed by atoms with Crippen LogP contribution in [0, 0.1) is 0 Å². The fourth-order valence-electron chi connectivity index (χ4n) is 1.25. The van der Waals surface area contributed by atoms with Crippen molar-refractivity contribution in [3.05, 3.63) is 0 Å². The van der Waals surface area contributed by atoms with E-state index in [0.29, 0.717) is 0 Å². The highest BCUT2D eigenvalue weighted by atomic mass is 28.5. The lowest BCUT2D eigenvalue weighted by molar-refractivity contribution is 0.160. The Kier molecular flexibility index (Phi) is 8.03. The predicted octanol–water partition coefficient (Wildman–Crippen LogP) is 3.08. The minimum Gasteiger partial charge on any atom is -0.396 e. The van der Waals surface area contributed by atoms with E-state index in [4.69, 9.17) is 16.5 Å². The van der Waals surface area contributed by atoms with Gasteiger partial charge < -0.3 is 16.5 Å². The fraction of sp³-hybridized carbons (Fsp3) is 1.00. The van der Waals surface area contributed by atoms with E-state index in [1.54, 1.807) is 0 Å². The summed E-state index contributed by atoms with van der Waals surface area (Å²) in [7, 11) is -7.41. The van der Waals surface area contributed by atoms with Gasteiger partial charge in [0.05, 0.1) is 0 Å². The second-order valence-corrected chi connectivity index (χ2v) is 19.7. The van der Waals surface area contributed by atoms with Crippen molar-refractivity contribution in [2.24, 2.45) is 0 Å². The first-order valence-corrected chi connectivity index (χ1v) is 18.4. The molecule has 107 valence electrons. The summed E-state index contributed by atoms with van der Waals surface area (Å²) >= 11 is 0. The van der Waals surface area contributed by atoms with Crippen LogP contribution in [0.5, 0.6) is 0 Å². The summed E-state index contributed by atoms with van der Waals surface area (Å²) in [6, 6.07) is 0. The third-order valence-electron chi connectivity index (χ3n) is 1.42. The molecular formula is C9H27O4Si5. The molecule has 0 rings (SSSR count). The molecule has 0 aliphatic carbocycles. The van der Waals surface area contributed by atoms with Crippen LogP contribution in [0.25, 0.3) is 0 Å². The molecule has 0 aliphatic heterocycles. The van der Waals surface area contributed by atoms with Crippen LogP contribution in [0.2, 0.25) is 58.9 Å². The maximum Gasteiger partial charge on any atom is 0.636 e. The summed E-state index contributed by atoms with van der Waals surface area (Å²) in [5.41, 5.74) is 0. The minimum atomic E-state index is -2.92. The summed E-state index contributed by atoms with van der Waals surface area (Å²) in [6.45, 7) is 19.0. The Bertz CT molecular complexity index is 215. The van der Waals surface area contributed by atoms with E-state index in [-0.39, 0.29) is 0 Å². The van der Waals surface area contributed by atoms with Crippen LogP contribution in [-0.4, -0.2) is 44.5 Å². The van der Waals surface area contributed by atoms with Crippen molar-refractivity contribution in [3.63, 3.8) is 0 Å². The van der Waals surface area contributed by atoms with Gasteiger partial charge in [-0.05, 0) is 58.9 Å². The molecule has 0 atom stereocenters. The zero-order valence-electron chi connectivity index (χ0n) is 13.1. The molecule has 3 radical (unpaired) electrons. The maximum absolute atomic E-state index is 6.25. The van der Waals surface area contributed by atoms with Crippen LogP contribution < -0.4 is 0 Å². The van der Waals surface area contributed by atoms with Crippen molar-refractivity contribution in [1.29, 1.82) is 0 Å². The first-order chi connectivity index (χ1) is 7.96. The number of hydrogen-bond acceptors (Lipinski definition) is 4. The highest BCUT2D eigenvalue weighted by Gasteiger charge is 2.50. The lowest BCUT2D eigenvalue weighted by atomic mass is 11.8. The summed E-state index contributed by atoms with van der Waals surface area (Å²) in [5, 5.41) is 0. The molecule has 0 spiro atoms. The smallest absolute Gasteiger partial charge is 0.396 e. The molecule has 0 amide bonds. The molecule has 0 unspecified atom stereocenters. The molecule has 0 bridgehead atoms. The van der Waals surface area contributed by atoms with E-state index in [1.807, 2.05) is 0 Å². The van der Waals surface area contributed by atoms with Crippen LogP contribution in [0.1, 0.15) is 0 Å². The van der Waals surface area contributed by atoms with E-state index in [1.165, 1.54) is 0 Å². The summed E-state index contributed by atoms with van der Waals surface area (Å²) in [4.78, 5) is 0. The van der Waals surface area contributed by atoms with Crippen molar-refractivity contribution < 1.29 is 16.5 Å². The molecular weight excluding hydrogens is 313 g/mol. The van der Waals surface area contributed by atoms with Crippen LogP contribution in [-0.2, 0) is 16.5 Å². The van der Waals surface area contributed by atoms with Gasteiger partial charge in [0.25, 0.3) is 0 Å². The molecule has 0 fully saturated rings. The Balaban J connectivity index is 5.10. The summed E-state index contributed by atoms with van der Waals surface area (Å²) < 4.78 is 24.5. The lowest BCUT2D eigenvalue weighted by Crippen LogP contribution is -2.59. The van der Waals surface area contributed by atoms with Gasteiger partial charge in [0, 0.05) is 0 Å². The molecule has 4 nitrogen and oxygen atoms in total. The van der Waals surface area contributed by atoms with Crippen LogP contribution in [0.4, 0.5) is 0 Å². The lowest BCUT2D eigenvalue weighted by Gasteiger charge is -2.37. The van der Waals surface area contributed by atoms with Crippen LogP contribution in [0.15, 0.2) is 0 Å². The van der Waals surface area contributed by atoms with Crippen molar-refractivity contribution >= 4 is 44.5 Å². The molecule has 9 heteroatoms. The normalized spacial score (nSPS) is 14.0. The van der Waals surface area contributed by atoms with E-state index in [2.05, 4.69) is 58.9 Å². The average molecular weight is 340 g/mol. The summed E-state index contributed by atoms with van der Waals surface area (Å²) in [5.74, 6) is 0. The van der Waals surface area contributed by atoms with Gasteiger partial charge in [-0.1, -0.05) is 0 Å². The van der Waals surface area contributed by atoms with Crippen LogP contribution >= 0.6 is 0 Å². The first-order valence-electron chi connectivity index (χ1n) is 6.13. The third-order valence-corrected chi connectivity index (χ3v) is 12.8. The minimum absolute atomic E-state index is 0.911. The molecule has 0 aromatic heterocycles. The second-order valence-electron chi connectivity index (χ2n) is 5.75. The topological polar surface area (TPSA) is 36.9 Å². The first kappa shape index (κ1) is 18.9. The van der Waals surface area contributed by atoms with Gasteiger partial charge in [-0.25, -0.2) is 0 Å². The van der Waals surface area contributed by atoms with Gasteiger partial charge in [0.15, 0.2) is 35.4 Å². The van der Waals surface area contributed by atoms with Gasteiger partial charge in [0.2, 0.25) is 0 Å². The van der Waals surface area contributed by atoms with Crippen molar-refractivity contribution in [2.75, 3.05) is 0 Å². The molecule has 0 aromatic carbocycles. The zero-order chi connectivity index (χ0) is 14.6. The van der Waals surface area contributed by atoms with Gasteiger partial charge >= 0.3 is 9.05 Å². The zero-order valence-corrected chi connectivity index (χ0v) is 18.1. The molecule has 0 heterocycles. The molecule has 0 N–H and O–H groups in total. The standard InChI is InChI=1S/C9H27O4Si5/c1-14(2)10-18(11-15(3)4,12-16(5)6)13-17(7,8)9/h1-9H3. The van der Waals surface area contributed by atoms with E-state index in [0.717, 1.165) is 0 Å². The Morgan fingerprint density at radius 3 is 1.06 bits per heavy atom. The maximum atomic E-state index is 6.25. The molecule has 0 saturated carbocycles. The van der Waals surface area contributed by atoms with Crippen LogP contribution in [0.3, 0.4) is 0 Å². The van der Waals surface area contributed by atoms with Gasteiger partial charge in [-0.3, -0.25) is 0 Å². The molecule has 0 aliphatic rings. The van der Waals surface area contributed by atoms with Gasteiger partial charge in [-0.2, -0.15) is 0 Å². The number of hydrogen-bond donors (Lipinski definition) is 0. The predicted molar refractivity (Wildman–Crippen MR) is 85.9 cm³/mol. The quantitative estimate of drug-likeness (QED) is 0.637. The molecule has 18 heavy (non-hydrogen) atoms. The monoisotopic (exact) mass is 339 g/mol. The molecule has 0 aromatic rings. The highest BCUT2D eigenvalue weighted by molar-refractivity contribution is 6.84. The van der Waals surface area contributed by atoms with Crippen molar-refractivity contribution in [3.8, 4) is 0 Å². The fourth-order valence-corrected chi connectivity index (χ4v) is 13.5. The Morgan fingerprint density at radius 1 is 0.611 bits per heavy atom. The van der Waals surface area contributed by atoms with E-state index >= 15 is 0 Å². The Hall–Kier alpha value is 0.924. The Labute approximate surface area is 120 Å².